The second kappa shape index (κ2) is 10.9. The van der Waals surface area contributed by atoms with E-state index in [9.17, 15) is 9.59 Å². The Kier molecular flexibility index (Phi) is 7.28. The van der Waals surface area contributed by atoms with Gasteiger partial charge in [-0.2, -0.15) is 0 Å². The van der Waals surface area contributed by atoms with E-state index in [0.717, 1.165) is 24.2 Å². The molecule has 1 aliphatic carbocycles. The van der Waals surface area contributed by atoms with Crippen LogP contribution in [0.25, 0.3) is 10.9 Å². The fourth-order valence-corrected chi connectivity index (χ4v) is 5.69. The highest BCUT2D eigenvalue weighted by Crippen LogP contribution is 2.29. The molecule has 5 rings (SSSR count). The number of carbonyl (C=O) groups is 1. The minimum absolute atomic E-state index is 0.0147. The summed E-state index contributed by atoms with van der Waals surface area (Å²) >= 11 is 1.35. The first-order valence-electron chi connectivity index (χ1n) is 12.3. The van der Waals surface area contributed by atoms with Gasteiger partial charge in [0.1, 0.15) is 0 Å². The number of benzene rings is 3. The van der Waals surface area contributed by atoms with Gasteiger partial charge in [0.25, 0.3) is 5.56 Å². The normalized spacial score (nSPS) is 14.2. The van der Waals surface area contributed by atoms with Gasteiger partial charge in [-0.05, 0) is 55.2 Å². The summed E-state index contributed by atoms with van der Waals surface area (Å²) in [7, 11) is 0. The summed E-state index contributed by atoms with van der Waals surface area (Å²) in [6.45, 7) is 0.661. The third-order valence-electron chi connectivity index (χ3n) is 6.60. The topological polar surface area (TPSA) is 55.2 Å². The number of hydrogen-bond donors (Lipinski definition) is 0. The quantitative estimate of drug-likeness (QED) is 0.224. The number of nitrogens with zero attached hydrogens (tertiary/aromatic N) is 3. The molecule has 35 heavy (non-hydrogen) atoms. The Labute approximate surface area is 209 Å². The second-order valence-corrected chi connectivity index (χ2v) is 9.96. The summed E-state index contributed by atoms with van der Waals surface area (Å²) in [5, 5.41) is 1.25. The molecule has 1 heterocycles. The van der Waals surface area contributed by atoms with Crippen LogP contribution in [-0.4, -0.2) is 21.2 Å². The van der Waals surface area contributed by atoms with Gasteiger partial charge in [0.05, 0.1) is 16.7 Å². The van der Waals surface area contributed by atoms with Crippen LogP contribution in [0.5, 0.6) is 0 Å². The molecule has 3 aromatic carbocycles. The van der Waals surface area contributed by atoms with Gasteiger partial charge in [-0.15, -0.1) is 0 Å². The fraction of sp³-hybridized carbons (Fsp3) is 0.276. The lowest BCUT2D eigenvalue weighted by atomic mass is 9.89. The molecule has 0 N–H and O–H groups in total. The molecule has 1 amide bonds. The maximum atomic E-state index is 13.6. The minimum atomic E-state index is -0.0565. The Balaban J connectivity index is 1.45. The van der Waals surface area contributed by atoms with Crippen LogP contribution in [0.2, 0.25) is 0 Å². The molecule has 1 saturated carbocycles. The molecule has 0 aliphatic heterocycles. The monoisotopic (exact) mass is 483 g/mol. The first-order chi connectivity index (χ1) is 17.2. The number of aromatic nitrogens is 2. The molecule has 1 aliphatic rings. The van der Waals surface area contributed by atoms with E-state index in [1.54, 1.807) is 4.90 Å². The average Bonchev–Trinajstić information content (AvgIpc) is 2.91. The van der Waals surface area contributed by atoms with Crippen molar-refractivity contribution in [2.75, 3.05) is 10.7 Å². The minimum Gasteiger partial charge on any atom is -0.287 e. The smallest absolute Gasteiger partial charge is 0.262 e. The number of amides is 1. The van der Waals surface area contributed by atoms with E-state index in [1.165, 1.54) is 31.0 Å². The molecule has 178 valence electrons. The summed E-state index contributed by atoms with van der Waals surface area (Å²) in [6, 6.07) is 26.8. The summed E-state index contributed by atoms with van der Waals surface area (Å²) in [5.74, 6) is 0.600. The molecule has 0 bridgehead atoms. The molecular formula is C29H29N3O2S. The van der Waals surface area contributed by atoms with Crippen LogP contribution >= 0.6 is 11.8 Å². The molecule has 4 aromatic rings. The molecule has 6 heteroatoms. The highest BCUT2D eigenvalue weighted by Gasteiger charge is 2.22. The average molecular weight is 484 g/mol. The van der Waals surface area contributed by atoms with Crippen molar-refractivity contribution < 1.29 is 4.79 Å². The van der Waals surface area contributed by atoms with Gasteiger partial charge < -0.3 is 0 Å². The van der Waals surface area contributed by atoms with E-state index >= 15 is 0 Å². The lowest BCUT2D eigenvalue weighted by molar-refractivity contribution is -0.115. The van der Waals surface area contributed by atoms with E-state index < -0.39 is 0 Å². The van der Waals surface area contributed by atoms with Crippen molar-refractivity contribution in [3.63, 3.8) is 0 Å². The summed E-state index contributed by atoms with van der Waals surface area (Å²) in [4.78, 5) is 33.6. The Morgan fingerprint density at radius 1 is 0.857 bits per heavy atom. The molecule has 0 saturated heterocycles. The van der Waals surface area contributed by atoms with Crippen LogP contribution in [0.15, 0.2) is 94.9 Å². The van der Waals surface area contributed by atoms with Crippen LogP contribution in [0.3, 0.4) is 0 Å². The lowest BCUT2D eigenvalue weighted by Gasteiger charge is -2.25. The van der Waals surface area contributed by atoms with Gasteiger partial charge in [0.15, 0.2) is 5.16 Å². The van der Waals surface area contributed by atoms with Crippen LogP contribution in [-0.2, 0) is 11.3 Å². The van der Waals surface area contributed by atoms with E-state index in [1.807, 2.05) is 89.5 Å². The van der Waals surface area contributed by atoms with Crippen LogP contribution in [0.1, 0.15) is 32.1 Å². The Morgan fingerprint density at radius 3 is 2.11 bits per heavy atom. The van der Waals surface area contributed by atoms with E-state index in [-0.39, 0.29) is 17.2 Å². The van der Waals surface area contributed by atoms with Crippen LogP contribution in [0.4, 0.5) is 11.4 Å². The van der Waals surface area contributed by atoms with Gasteiger partial charge in [-0.3, -0.25) is 19.1 Å². The van der Waals surface area contributed by atoms with Crippen molar-refractivity contribution >= 4 is 39.9 Å². The summed E-state index contributed by atoms with van der Waals surface area (Å²) in [6.07, 6.45) is 5.97. The van der Waals surface area contributed by atoms with Crippen LogP contribution < -0.4 is 10.5 Å². The molecule has 1 aromatic heterocycles. The maximum absolute atomic E-state index is 13.6. The van der Waals surface area contributed by atoms with Crippen molar-refractivity contribution in [3.05, 3.63) is 95.3 Å². The predicted octanol–water partition coefficient (Wildman–Crippen LogP) is 6.43. The number of thioether (sulfide) groups is 1. The van der Waals surface area contributed by atoms with Gasteiger partial charge in [0, 0.05) is 17.9 Å². The molecule has 0 radical (unpaired) electrons. The predicted molar refractivity (Wildman–Crippen MR) is 143 cm³/mol. The van der Waals surface area contributed by atoms with Crippen molar-refractivity contribution in [1.29, 1.82) is 0 Å². The zero-order chi connectivity index (χ0) is 24.0. The van der Waals surface area contributed by atoms with E-state index in [4.69, 9.17) is 4.98 Å². The zero-order valence-electron chi connectivity index (χ0n) is 19.7. The summed E-state index contributed by atoms with van der Waals surface area (Å²) in [5.41, 5.74) is 2.29. The Bertz CT molecular complexity index is 1310. The molecular weight excluding hydrogens is 454 g/mol. The summed E-state index contributed by atoms with van der Waals surface area (Å²) < 4.78 is 1.81. The second-order valence-electron chi connectivity index (χ2n) is 9.02. The number of hydrogen-bond acceptors (Lipinski definition) is 4. The van der Waals surface area contributed by atoms with Gasteiger partial charge in [0.2, 0.25) is 5.91 Å². The maximum Gasteiger partial charge on any atom is 0.262 e. The fourth-order valence-electron chi connectivity index (χ4n) is 4.83. The SMILES string of the molecule is O=C(CSc1nc2ccccc2c(=O)n1CC1CCCCC1)N(c1ccccc1)c1ccccc1. The highest BCUT2D eigenvalue weighted by atomic mass is 32.2. The molecule has 5 nitrogen and oxygen atoms in total. The van der Waals surface area contributed by atoms with E-state index in [0.29, 0.717) is 28.5 Å². The molecule has 0 unspecified atom stereocenters. The first kappa shape index (κ1) is 23.4. The molecule has 1 fully saturated rings. The van der Waals surface area contributed by atoms with Gasteiger partial charge in [-0.25, -0.2) is 4.98 Å². The standard InChI is InChI=1S/C29H29N3O2S/c33-27(32(23-14-6-2-7-15-23)24-16-8-3-9-17-24)21-35-29-30-26-19-11-10-18-25(26)28(34)31(29)20-22-12-4-1-5-13-22/h2-3,6-11,14-19,22H,1,4-5,12-13,20-21H2. The number of rotatable bonds is 7. The van der Waals surface area contributed by atoms with Crippen molar-refractivity contribution in [1.82, 2.24) is 9.55 Å². The molecule has 0 atom stereocenters. The van der Waals surface area contributed by atoms with Crippen molar-refractivity contribution in [3.8, 4) is 0 Å². The molecule has 0 spiro atoms. The highest BCUT2D eigenvalue weighted by molar-refractivity contribution is 7.99. The number of fused-ring (bicyclic) bond motifs is 1. The Morgan fingerprint density at radius 2 is 1.46 bits per heavy atom. The van der Waals surface area contributed by atoms with Crippen molar-refractivity contribution in [2.45, 2.75) is 43.8 Å². The largest absolute Gasteiger partial charge is 0.287 e. The van der Waals surface area contributed by atoms with Gasteiger partial charge >= 0.3 is 0 Å². The number of para-hydroxylation sites is 3. The first-order valence-corrected chi connectivity index (χ1v) is 13.2. The van der Waals surface area contributed by atoms with Crippen molar-refractivity contribution in [2.24, 2.45) is 5.92 Å². The number of carbonyl (C=O) groups excluding carboxylic acids is 1. The third kappa shape index (κ3) is 5.33. The van der Waals surface area contributed by atoms with Crippen LogP contribution in [0, 0.1) is 5.92 Å². The van der Waals surface area contributed by atoms with Gasteiger partial charge in [-0.1, -0.05) is 79.6 Å². The third-order valence-corrected chi connectivity index (χ3v) is 7.56. The lowest BCUT2D eigenvalue weighted by Crippen LogP contribution is -2.30. The Hall–Kier alpha value is -3.38. The van der Waals surface area contributed by atoms with E-state index in [2.05, 4.69) is 0 Å². The zero-order valence-corrected chi connectivity index (χ0v) is 20.5. The number of anilines is 2.